The van der Waals surface area contributed by atoms with Gasteiger partial charge in [0.25, 0.3) is 5.91 Å². The third-order valence-electron chi connectivity index (χ3n) is 3.03. The molecule has 0 radical (unpaired) electrons. The summed E-state index contributed by atoms with van der Waals surface area (Å²) in [7, 11) is 1.66. The van der Waals surface area contributed by atoms with Gasteiger partial charge in [-0.25, -0.2) is 4.68 Å². The fraction of sp³-hybridized carbons (Fsp3) is 0.214. The second-order valence-corrected chi connectivity index (χ2v) is 4.58. The fourth-order valence-electron chi connectivity index (χ4n) is 1.81. The van der Waals surface area contributed by atoms with Crippen molar-refractivity contribution in [3.63, 3.8) is 0 Å². The number of oxime groups is 1. The van der Waals surface area contributed by atoms with Gasteiger partial charge in [0.05, 0.1) is 17.4 Å². The first kappa shape index (κ1) is 14.6. The van der Waals surface area contributed by atoms with Crippen molar-refractivity contribution in [3.05, 3.63) is 48.3 Å². The monoisotopic (exact) mass is 287 g/mol. The maximum absolute atomic E-state index is 12.2. The lowest BCUT2D eigenvalue weighted by Gasteiger charge is -2.15. The molecule has 0 aliphatic carbocycles. The molecule has 1 aromatic carbocycles. The molecule has 0 aliphatic rings. The number of aromatic nitrogens is 2. The topological polar surface area (TPSA) is 96.7 Å². The highest BCUT2D eigenvalue weighted by Gasteiger charge is 2.14. The van der Waals surface area contributed by atoms with Crippen LogP contribution in [-0.2, 0) is 0 Å². The number of amidine groups is 1. The second kappa shape index (κ2) is 6.56. The van der Waals surface area contributed by atoms with Crippen LogP contribution >= 0.6 is 0 Å². The number of carbonyl (C=O) groups is 1. The highest BCUT2D eigenvalue weighted by molar-refractivity contribution is 5.94. The molecule has 1 heterocycles. The van der Waals surface area contributed by atoms with E-state index in [1.165, 1.54) is 11.1 Å². The molecule has 0 fully saturated rings. The Morgan fingerprint density at radius 2 is 2.14 bits per heavy atom. The fourth-order valence-corrected chi connectivity index (χ4v) is 1.81. The van der Waals surface area contributed by atoms with Gasteiger partial charge in [-0.2, -0.15) is 5.10 Å². The van der Waals surface area contributed by atoms with Crippen molar-refractivity contribution in [1.82, 2.24) is 14.7 Å². The molecule has 7 heteroatoms. The van der Waals surface area contributed by atoms with E-state index < -0.39 is 0 Å². The zero-order valence-corrected chi connectivity index (χ0v) is 11.7. The lowest BCUT2D eigenvalue weighted by molar-refractivity contribution is 0.0798. The van der Waals surface area contributed by atoms with E-state index in [2.05, 4.69) is 10.3 Å². The molecule has 1 amide bonds. The maximum atomic E-state index is 12.2. The minimum atomic E-state index is -0.164. The zero-order chi connectivity index (χ0) is 15.2. The summed E-state index contributed by atoms with van der Waals surface area (Å²) in [4.78, 5) is 13.7. The molecule has 2 rings (SSSR count). The van der Waals surface area contributed by atoms with Crippen molar-refractivity contribution in [3.8, 4) is 5.69 Å². The summed E-state index contributed by atoms with van der Waals surface area (Å²) >= 11 is 0. The average Bonchev–Trinajstić information content (AvgIpc) is 3.02. The van der Waals surface area contributed by atoms with Gasteiger partial charge in [0.2, 0.25) is 0 Å². The van der Waals surface area contributed by atoms with Gasteiger partial charge >= 0.3 is 0 Å². The number of nitrogens with zero attached hydrogens (tertiary/aromatic N) is 4. The van der Waals surface area contributed by atoms with Crippen molar-refractivity contribution in [2.75, 3.05) is 13.6 Å². The Morgan fingerprint density at radius 3 is 2.81 bits per heavy atom. The minimum absolute atomic E-state index is 0.0923. The van der Waals surface area contributed by atoms with E-state index in [1.807, 2.05) is 30.3 Å². The number of hydrogen-bond donors (Lipinski definition) is 2. The summed E-state index contributed by atoms with van der Waals surface area (Å²) in [6.45, 7) is 0.366. The number of rotatable bonds is 5. The number of hydrogen-bond acceptors (Lipinski definition) is 4. The van der Waals surface area contributed by atoms with Crippen LogP contribution in [0.15, 0.2) is 47.9 Å². The van der Waals surface area contributed by atoms with Crippen LogP contribution in [0.25, 0.3) is 5.69 Å². The predicted octanol–water partition coefficient (Wildman–Crippen LogP) is 1.08. The van der Waals surface area contributed by atoms with Gasteiger partial charge in [-0.15, -0.1) is 0 Å². The average molecular weight is 287 g/mol. The summed E-state index contributed by atoms with van der Waals surface area (Å²) in [5.74, 6) is -0.0717. The van der Waals surface area contributed by atoms with Gasteiger partial charge in [-0.05, 0) is 12.1 Å². The van der Waals surface area contributed by atoms with Crippen molar-refractivity contribution >= 4 is 11.7 Å². The van der Waals surface area contributed by atoms with Crippen LogP contribution in [0.1, 0.15) is 16.8 Å². The van der Waals surface area contributed by atoms with Crippen molar-refractivity contribution in [2.45, 2.75) is 6.42 Å². The molecule has 2 aromatic rings. The molecule has 0 saturated heterocycles. The number of amides is 1. The van der Waals surface area contributed by atoms with Crippen LogP contribution in [0.3, 0.4) is 0 Å². The Bertz CT molecular complexity index is 636. The molecule has 1 aromatic heterocycles. The Morgan fingerprint density at radius 1 is 1.43 bits per heavy atom. The van der Waals surface area contributed by atoms with E-state index in [-0.39, 0.29) is 11.7 Å². The smallest absolute Gasteiger partial charge is 0.256 e. The lowest BCUT2D eigenvalue weighted by Crippen LogP contribution is -2.30. The predicted molar refractivity (Wildman–Crippen MR) is 78.6 cm³/mol. The SMILES string of the molecule is CN(CC/C(N)=N/O)C(=O)c1cnn(-c2ccccc2)c1. The normalized spacial score (nSPS) is 11.4. The molecule has 7 nitrogen and oxygen atoms in total. The van der Waals surface area contributed by atoms with E-state index in [0.717, 1.165) is 5.69 Å². The highest BCUT2D eigenvalue weighted by atomic mass is 16.4. The van der Waals surface area contributed by atoms with Crippen molar-refractivity contribution in [1.29, 1.82) is 0 Å². The third kappa shape index (κ3) is 3.59. The molecule has 21 heavy (non-hydrogen) atoms. The summed E-state index contributed by atoms with van der Waals surface area (Å²) in [6, 6.07) is 9.54. The molecule has 110 valence electrons. The van der Waals surface area contributed by atoms with Gasteiger partial charge < -0.3 is 15.8 Å². The molecule has 0 spiro atoms. The molecule has 0 atom stereocenters. The Labute approximate surface area is 122 Å². The summed E-state index contributed by atoms with van der Waals surface area (Å²) in [5.41, 5.74) is 6.76. The molecular weight excluding hydrogens is 270 g/mol. The van der Waals surface area contributed by atoms with Crippen LogP contribution in [0.2, 0.25) is 0 Å². The van der Waals surface area contributed by atoms with E-state index >= 15 is 0 Å². The first-order valence-corrected chi connectivity index (χ1v) is 6.44. The largest absolute Gasteiger partial charge is 0.409 e. The maximum Gasteiger partial charge on any atom is 0.256 e. The van der Waals surface area contributed by atoms with Crippen LogP contribution in [0.5, 0.6) is 0 Å². The highest BCUT2D eigenvalue weighted by Crippen LogP contribution is 2.09. The van der Waals surface area contributed by atoms with Gasteiger partial charge in [0.1, 0.15) is 5.84 Å². The van der Waals surface area contributed by atoms with Crippen LogP contribution < -0.4 is 5.73 Å². The van der Waals surface area contributed by atoms with Gasteiger partial charge in [0.15, 0.2) is 0 Å². The standard InChI is InChI=1S/C14H17N5O2/c1-18(8-7-13(15)17-21)14(20)11-9-16-19(10-11)12-5-3-2-4-6-12/h2-6,9-10,21H,7-8H2,1H3,(H2,15,17). The molecule has 0 unspecified atom stereocenters. The number of carbonyl (C=O) groups excluding carboxylic acids is 1. The van der Waals surface area contributed by atoms with Crippen molar-refractivity contribution < 1.29 is 10.0 Å². The molecule has 0 saturated carbocycles. The lowest BCUT2D eigenvalue weighted by atomic mass is 10.3. The molecule has 0 bridgehead atoms. The molecular formula is C14H17N5O2. The number of para-hydroxylation sites is 1. The van der Waals surface area contributed by atoms with Gasteiger partial charge in [0, 0.05) is 26.2 Å². The van der Waals surface area contributed by atoms with E-state index in [9.17, 15) is 4.79 Å². The van der Waals surface area contributed by atoms with Crippen LogP contribution in [0, 0.1) is 0 Å². The third-order valence-corrected chi connectivity index (χ3v) is 3.03. The Balaban J connectivity index is 2.05. The van der Waals surface area contributed by atoms with Crippen LogP contribution in [0.4, 0.5) is 0 Å². The summed E-state index contributed by atoms with van der Waals surface area (Å²) in [6.07, 6.45) is 3.51. The van der Waals surface area contributed by atoms with E-state index in [0.29, 0.717) is 18.5 Å². The Hall–Kier alpha value is -2.83. The second-order valence-electron chi connectivity index (χ2n) is 4.58. The summed E-state index contributed by atoms with van der Waals surface area (Å²) < 4.78 is 1.64. The number of benzene rings is 1. The molecule has 3 N–H and O–H groups in total. The first-order chi connectivity index (χ1) is 10.1. The van der Waals surface area contributed by atoms with Crippen LogP contribution in [-0.4, -0.2) is 45.2 Å². The summed E-state index contributed by atoms with van der Waals surface area (Å²) in [5, 5.41) is 15.5. The molecule has 0 aliphatic heterocycles. The van der Waals surface area contributed by atoms with E-state index in [1.54, 1.807) is 17.9 Å². The first-order valence-electron chi connectivity index (χ1n) is 6.44. The Kier molecular flexibility index (Phi) is 4.55. The quantitative estimate of drug-likeness (QED) is 0.372. The number of nitrogens with two attached hydrogens (primary N) is 1. The minimum Gasteiger partial charge on any atom is -0.409 e. The van der Waals surface area contributed by atoms with Gasteiger partial charge in [-0.3, -0.25) is 4.79 Å². The zero-order valence-electron chi connectivity index (χ0n) is 11.7. The van der Waals surface area contributed by atoms with Gasteiger partial charge in [-0.1, -0.05) is 23.4 Å². The van der Waals surface area contributed by atoms with E-state index in [4.69, 9.17) is 10.9 Å². The van der Waals surface area contributed by atoms with Crippen molar-refractivity contribution in [2.24, 2.45) is 10.9 Å².